The molecule has 0 aliphatic carbocycles. The molecule has 0 aliphatic rings. The minimum Gasteiger partial charge on any atom is -0.489 e. The van der Waals surface area contributed by atoms with E-state index in [4.69, 9.17) is 4.74 Å². The third-order valence-corrected chi connectivity index (χ3v) is 4.02. The number of pyridine rings is 1. The van der Waals surface area contributed by atoms with Gasteiger partial charge in [-0.1, -0.05) is 48.5 Å². The van der Waals surface area contributed by atoms with Crippen LogP contribution in [-0.4, -0.2) is 18.0 Å². The molecule has 0 radical (unpaired) electrons. The lowest BCUT2D eigenvalue weighted by Gasteiger charge is -2.12. The Kier molecular flexibility index (Phi) is 6.81. The van der Waals surface area contributed by atoms with Crippen molar-refractivity contribution in [3.63, 3.8) is 0 Å². The molecule has 0 fully saturated rings. The van der Waals surface area contributed by atoms with Gasteiger partial charge in [0.15, 0.2) is 5.96 Å². The van der Waals surface area contributed by atoms with Crippen LogP contribution >= 0.6 is 0 Å². The third kappa shape index (κ3) is 6.15. The summed E-state index contributed by atoms with van der Waals surface area (Å²) in [6.45, 7) is 1.89. The molecule has 3 aromatic rings. The van der Waals surface area contributed by atoms with Gasteiger partial charge in [0.25, 0.3) is 0 Å². The van der Waals surface area contributed by atoms with Crippen molar-refractivity contribution in [3.8, 4) is 5.75 Å². The van der Waals surface area contributed by atoms with Crippen molar-refractivity contribution in [1.82, 2.24) is 15.6 Å². The Bertz CT molecular complexity index is 833. The lowest BCUT2D eigenvalue weighted by atomic mass is 10.2. The van der Waals surface area contributed by atoms with Crippen LogP contribution in [0.3, 0.4) is 0 Å². The third-order valence-electron chi connectivity index (χ3n) is 4.02. The zero-order valence-corrected chi connectivity index (χ0v) is 15.4. The maximum Gasteiger partial charge on any atom is 0.191 e. The van der Waals surface area contributed by atoms with E-state index in [1.165, 1.54) is 0 Å². The summed E-state index contributed by atoms with van der Waals surface area (Å²) < 4.78 is 5.82. The second-order valence-electron chi connectivity index (χ2n) is 6.02. The van der Waals surface area contributed by atoms with Gasteiger partial charge in [-0.05, 0) is 35.4 Å². The normalized spacial score (nSPS) is 11.1. The number of guanidine groups is 1. The Morgan fingerprint density at radius 2 is 1.59 bits per heavy atom. The molecule has 5 heteroatoms. The topological polar surface area (TPSA) is 58.5 Å². The molecule has 0 amide bonds. The smallest absolute Gasteiger partial charge is 0.191 e. The van der Waals surface area contributed by atoms with Gasteiger partial charge in [-0.3, -0.25) is 9.98 Å². The van der Waals surface area contributed by atoms with Crippen molar-refractivity contribution in [2.75, 3.05) is 7.05 Å². The van der Waals surface area contributed by atoms with Crippen molar-refractivity contribution in [2.45, 2.75) is 19.7 Å². The first-order valence-corrected chi connectivity index (χ1v) is 8.93. The van der Waals surface area contributed by atoms with Crippen molar-refractivity contribution in [3.05, 3.63) is 95.8 Å². The van der Waals surface area contributed by atoms with Crippen LogP contribution in [0.2, 0.25) is 0 Å². The number of rotatable bonds is 7. The second kappa shape index (κ2) is 9.97. The second-order valence-corrected chi connectivity index (χ2v) is 6.02. The van der Waals surface area contributed by atoms with E-state index >= 15 is 0 Å². The summed E-state index contributed by atoms with van der Waals surface area (Å²) in [6.07, 6.45) is 1.79. The van der Waals surface area contributed by atoms with Gasteiger partial charge < -0.3 is 15.4 Å². The summed E-state index contributed by atoms with van der Waals surface area (Å²) in [5.41, 5.74) is 3.29. The summed E-state index contributed by atoms with van der Waals surface area (Å²) in [5, 5.41) is 6.56. The van der Waals surface area contributed by atoms with Crippen LogP contribution in [-0.2, 0) is 19.7 Å². The first kappa shape index (κ1) is 18.5. The molecule has 1 aromatic heterocycles. The lowest BCUT2D eigenvalue weighted by Crippen LogP contribution is -2.36. The summed E-state index contributed by atoms with van der Waals surface area (Å²) in [7, 11) is 1.76. The molecule has 3 rings (SSSR count). The molecule has 27 heavy (non-hydrogen) atoms. The van der Waals surface area contributed by atoms with Gasteiger partial charge in [0.2, 0.25) is 0 Å². The van der Waals surface area contributed by atoms with Crippen LogP contribution in [0.4, 0.5) is 0 Å². The zero-order chi connectivity index (χ0) is 18.7. The van der Waals surface area contributed by atoms with Crippen LogP contribution in [0.1, 0.15) is 16.8 Å². The fourth-order valence-electron chi connectivity index (χ4n) is 2.53. The predicted octanol–water partition coefficient (Wildman–Crippen LogP) is 3.53. The number of hydrogen-bond acceptors (Lipinski definition) is 3. The highest BCUT2D eigenvalue weighted by molar-refractivity contribution is 5.79. The number of aliphatic imine (C=N–C) groups is 1. The standard InChI is InChI=1S/C22H24N4O/c1-23-22(26-16-20-9-5-6-14-24-20)25-15-18-10-12-21(13-11-18)27-17-19-7-3-2-4-8-19/h2-14H,15-17H2,1H3,(H2,23,25,26). The van der Waals surface area contributed by atoms with E-state index in [1.54, 1.807) is 13.2 Å². The minimum atomic E-state index is 0.572. The molecular weight excluding hydrogens is 336 g/mol. The van der Waals surface area contributed by atoms with E-state index in [-0.39, 0.29) is 0 Å². The Morgan fingerprint density at radius 1 is 0.852 bits per heavy atom. The summed E-state index contributed by atoms with van der Waals surface area (Å²) in [5.74, 6) is 1.60. The highest BCUT2D eigenvalue weighted by Gasteiger charge is 2.01. The highest BCUT2D eigenvalue weighted by Crippen LogP contribution is 2.14. The number of aromatic nitrogens is 1. The number of nitrogens with zero attached hydrogens (tertiary/aromatic N) is 2. The van der Waals surface area contributed by atoms with Gasteiger partial charge in [0.05, 0.1) is 12.2 Å². The fourth-order valence-corrected chi connectivity index (χ4v) is 2.53. The molecule has 5 nitrogen and oxygen atoms in total. The van der Waals surface area contributed by atoms with Crippen molar-refractivity contribution in [2.24, 2.45) is 4.99 Å². The maximum atomic E-state index is 5.82. The maximum absolute atomic E-state index is 5.82. The van der Waals surface area contributed by atoms with Crippen LogP contribution in [0.5, 0.6) is 5.75 Å². The Balaban J connectivity index is 1.44. The van der Waals surface area contributed by atoms with Crippen LogP contribution < -0.4 is 15.4 Å². The molecule has 0 unspecified atom stereocenters. The molecule has 0 bridgehead atoms. The van der Waals surface area contributed by atoms with E-state index in [0.717, 1.165) is 28.5 Å². The van der Waals surface area contributed by atoms with Crippen LogP contribution in [0.15, 0.2) is 84.0 Å². The fraction of sp³-hybridized carbons (Fsp3) is 0.182. The summed E-state index contributed by atoms with van der Waals surface area (Å²) in [4.78, 5) is 8.53. The Morgan fingerprint density at radius 3 is 2.30 bits per heavy atom. The number of benzene rings is 2. The monoisotopic (exact) mass is 360 g/mol. The first-order valence-electron chi connectivity index (χ1n) is 8.93. The molecule has 0 aliphatic heterocycles. The van der Waals surface area contributed by atoms with E-state index in [0.29, 0.717) is 19.7 Å². The molecule has 0 atom stereocenters. The molecule has 0 saturated carbocycles. The SMILES string of the molecule is CN=C(NCc1ccc(OCc2ccccc2)cc1)NCc1ccccn1. The molecule has 0 saturated heterocycles. The number of hydrogen-bond donors (Lipinski definition) is 2. The van der Waals surface area contributed by atoms with Gasteiger partial charge >= 0.3 is 0 Å². The largest absolute Gasteiger partial charge is 0.489 e. The molecule has 2 N–H and O–H groups in total. The highest BCUT2D eigenvalue weighted by atomic mass is 16.5. The van der Waals surface area contributed by atoms with Gasteiger partial charge in [-0.25, -0.2) is 0 Å². The van der Waals surface area contributed by atoms with Crippen molar-refractivity contribution in [1.29, 1.82) is 0 Å². The van der Waals surface area contributed by atoms with E-state index in [1.807, 2.05) is 48.5 Å². The number of ether oxygens (including phenoxy) is 1. The summed E-state index contributed by atoms with van der Waals surface area (Å²) in [6, 6.07) is 24.1. The quantitative estimate of drug-likeness (QED) is 0.500. The van der Waals surface area contributed by atoms with Crippen LogP contribution in [0, 0.1) is 0 Å². The predicted molar refractivity (Wildman–Crippen MR) is 108 cm³/mol. The zero-order valence-electron chi connectivity index (χ0n) is 15.4. The molecule has 1 heterocycles. The van der Waals surface area contributed by atoms with Crippen molar-refractivity contribution < 1.29 is 4.74 Å². The van der Waals surface area contributed by atoms with E-state index < -0.39 is 0 Å². The lowest BCUT2D eigenvalue weighted by molar-refractivity contribution is 0.306. The molecule has 138 valence electrons. The average molecular weight is 360 g/mol. The van der Waals surface area contributed by atoms with Gasteiger partial charge in [-0.15, -0.1) is 0 Å². The van der Waals surface area contributed by atoms with Gasteiger partial charge in [0, 0.05) is 19.8 Å². The van der Waals surface area contributed by atoms with Gasteiger partial charge in [0.1, 0.15) is 12.4 Å². The van der Waals surface area contributed by atoms with Crippen LogP contribution in [0.25, 0.3) is 0 Å². The first-order chi connectivity index (χ1) is 13.3. The van der Waals surface area contributed by atoms with E-state index in [9.17, 15) is 0 Å². The molecular formula is C22H24N4O. The molecule has 2 aromatic carbocycles. The van der Waals surface area contributed by atoms with Crippen molar-refractivity contribution >= 4 is 5.96 Å². The number of nitrogens with one attached hydrogen (secondary N) is 2. The molecule has 0 spiro atoms. The minimum absolute atomic E-state index is 0.572. The van der Waals surface area contributed by atoms with Gasteiger partial charge in [-0.2, -0.15) is 0 Å². The van der Waals surface area contributed by atoms with E-state index in [2.05, 4.69) is 44.9 Å². The Labute approximate surface area is 160 Å². The average Bonchev–Trinajstić information content (AvgIpc) is 2.74. The Hall–Kier alpha value is -3.34. The summed E-state index contributed by atoms with van der Waals surface area (Å²) >= 11 is 0.